The van der Waals surface area contributed by atoms with E-state index < -0.39 is 0 Å². The number of fused-ring (bicyclic) bond motifs is 1. The molecule has 156 valence electrons. The molecule has 1 aliphatic carbocycles. The van der Waals surface area contributed by atoms with Crippen molar-refractivity contribution in [3.63, 3.8) is 0 Å². The molecule has 4 aromatic rings. The minimum Gasteiger partial charge on any atom is -0.496 e. The molecule has 1 atom stereocenters. The van der Waals surface area contributed by atoms with Gasteiger partial charge in [-0.2, -0.15) is 0 Å². The van der Waals surface area contributed by atoms with Crippen molar-refractivity contribution >= 4 is 0 Å². The predicted molar refractivity (Wildman–Crippen MR) is 123 cm³/mol. The molecule has 1 aliphatic rings. The van der Waals surface area contributed by atoms with E-state index in [1.165, 1.54) is 22.3 Å². The Bertz CT molecular complexity index is 1090. The first-order valence-corrected chi connectivity index (χ1v) is 11.0. The number of hydrogen-bond acceptors (Lipinski definition) is 3. The van der Waals surface area contributed by atoms with Crippen LogP contribution in [0.4, 0.5) is 0 Å². The molecule has 31 heavy (non-hydrogen) atoms. The van der Waals surface area contributed by atoms with Crippen molar-refractivity contribution in [1.29, 1.82) is 0 Å². The largest absolute Gasteiger partial charge is 0.496 e. The predicted octanol–water partition coefficient (Wildman–Crippen LogP) is 6.21. The van der Waals surface area contributed by atoms with Crippen molar-refractivity contribution < 1.29 is 9.26 Å². The Labute approximate surface area is 183 Å². The Kier molecular flexibility index (Phi) is 5.57. The third kappa shape index (κ3) is 4.13. The van der Waals surface area contributed by atoms with Gasteiger partial charge in [-0.15, -0.1) is 0 Å². The zero-order chi connectivity index (χ0) is 21.0. The smallest absolute Gasteiger partial charge is 0.148 e. The van der Waals surface area contributed by atoms with Crippen LogP contribution in [0, 0.1) is 5.92 Å². The molecule has 0 spiro atoms. The molecule has 3 nitrogen and oxygen atoms in total. The van der Waals surface area contributed by atoms with Gasteiger partial charge in [0, 0.05) is 6.07 Å². The molecule has 1 unspecified atom stereocenters. The Hall–Kier alpha value is -3.33. The van der Waals surface area contributed by atoms with E-state index in [0.717, 1.165) is 42.9 Å². The van der Waals surface area contributed by atoms with Crippen LogP contribution in [0.3, 0.4) is 0 Å². The van der Waals surface area contributed by atoms with Gasteiger partial charge in [0.15, 0.2) is 0 Å². The SMILES string of the molecule is COc1cccc2c1CCC(Cc1cc(C(c3ccccc3)c3ccccc3)on1)C2. The fraction of sp³-hybridized carbons (Fsp3) is 0.250. The van der Waals surface area contributed by atoms with Gasteiger partial charge in [-0.1, -0.05) is 78.0 Å². The quantitative estimate of drug-likeness (QED) is 0.380. The Morgan fingerprint density at radius 3 is 2.32 bits per heavy atom. The molecule has 3 aromatic carbocycles. The Balaban J connectivity index is 1.38. The number of rotatable bonds is 6. The van der Waals surface area contributed by atoms with Crippen LogP contribution in [0.15, 0.2) is 89.5 Å². The number of methoxy groups -OCH3 is 1. The highest BCUT2D eigenvalue weighted by Crippen LogP contribution is 2.35. The molecule has 0 bridgehead atoms. The number of hydrogen-bond donors (Lipinski definition) is 0. The van der Waals surface area contributed by atoms with Crippen LogP contribution in [0.5, 0.6) is 5.75 Å². The second-order valence-corrected chi connectivity index (χ2v) is 8.39. The van der Waals surface area contributed by atoms with E-state index in [1.807, 2.05) is 12.1 Å². The number of aromatic nitrogens is 1. The second kappa shape index (κ2) is 8.81. The maximum Gasteiger partial charge on any atom is 0.148 e. The molecular weight excluding hydrogens is 382 g/mol. The first-order valence-electron chi connectivity index (χ1n) is 11.0. The highest BCUT2D eigenvalue weighted by molar-refractivity contribution is 5.42. The molecular formula is C28H27NO2. The van der Waals surface area contributed by atoms with Crippen molar-refractivity contribution in [2.75, 3.05) is 7.11 Å². The van der Waals surface area contributed by atoms with Crippen molar-refractivity contribution in [2.24, 2.45) is 5.92 Å². The molecule has 0 fully saturated rings. The van der Waals surface area contributed by atoms with Crippen molar-refractivity contribution in [2.45, 2.75) is 31.6 Å². The standard InChI is InChI=1S/C28H27NO2/c1-30-26-14-8-13-23-17-20(15-16-25(23)26)18-24-19-27(31-29-24)28(21-9-4-2-5-10-21)22-11-6-3-7-12-22/h2-14,19-20,28H,15-18H2,1H3. The lowest BCUT2D eigenvalue weighted by molar-refractivity contribution is 0.362. The number of nitrogens with zero attached hydrogens (tertiary/aromatic N) is 1. The molecule has 1 heterocycles. The van der Waals surface area contributed by atoms with Gasteiger partial charge in [0.2, 0.25) is 0 Å². The number of benzene rings is 3. The lowest BCUT2D eigenvalue weighted by Crippen LogP contribution is -2.17. The van der Waals surface area contributed by atoms with Crippen molar-refractivity contribution in [1.82, 2.24) is 5.16 Å². The minimum atomic E-state index is 0.0555. The van der Waals surface area contributed by atoms with Gasteiger partial charge in [-0.3, -0.25) is 0 Å². The van der Waals surface area contributed by atoms with Crippen LogP contribution in [-0.4, -0.2) is 12.3 Å². The van der Waals surface area contributed by atoms with E-state index in [2.05, 4.69) is 78.0 Å². The Morgan fingerprint density at radius 1 is 0.935 bits per heavy atom. The highest BCUT2D eigenvalue weighted by atomic mass is 16.5. The molecule has 0 saturated carbocycles. The average Bonchev–Trinajstić information content (AvgIpc) is 3.28. The summed E-state index contributed by atoms with van der Waals surface area (Å²) >= 11 is 0. The zero-order valence-corrected chi connectivity index (χ0v) is 17.8. The zero-order valence-electron chi connectivity index (χ0n) is 17.8. The van der Waals surface area contributed by atoms with Gasteiger partial charge >= 0.3 is 0 Å². The third-order valence-electron chi connectivity index (χ3n) is 6.39. The van der Waals surface area contributed by atoms with Crippen molar-refractivity contribution in [3.8, 4) is 5.75 Å². The molecule has 5 rings (SSSR count). The topological polar surface area (TPSA) is 35.3 Å². The summed E-state index contributed by atoms with van der Waals surface area (Å²) in [5.41, 5.74) is 6.26. The van der Waals surface area contributed by atoms with Gasteiger partial charge < -0.3 is 9.26 Å². The van der Waals surface area contributed by atoms with E-state index in [4.69, 9.17) is 9.26 Å². The lowest BCUT2D eigenvalue weighted by Gasteiger charge is -2.25. The lowest BCUT2D eigenvalue weighted by atomic mass is 9.81. The summed E-state index contributed by atoms with van der Waals surface area (Å²) in [6, 6.07) is 29.6. The molecule has 0 aliphatic heterocycles. The van der Waals surface area contributed by atoms with Crippen molar-refractivity contribution in [3.05, 3.63) is 119 Å². The summed E-state index contributed by atoms with van der Waals surface area (Å²) in [6.45, 7) is 0. The molecule has 0 saturated heterocycles. The van der Waals surface area contributed by atoms with E-state index in [-0.39, 0.29) is 5.92 Å². The first-order chi connectivity index (χ1) is 15.3. The van der Waals surface area contributed by atoms with Crippen LogP contribution in [0.1, 0.15) is 46.0 Å². The fourth-order valence-electron chi connectivity index (χ4n) is 4.88. The van der Waals surface area contributed by atoms with E-state index in [1.54, 1.807) is 7.11 Å². The van der Waals surface area contributed by atoms with Crippen LogP contribution < -0.4 is 4.74 Å². The molecule has 3 heteroatoms. The summed E-state index contributed by atoms with van der Waals surface area (Å²) in [6.07, 6.45) is 4.22. The molecule has 0 amide bonds. The average molecular weight is 410 g/mol. The van der Waals surface area contributed by atoms with Crippen LogP contribution in [-0.2, 0) is 19.3 Å². The maximum absolute atomic E-state index is 5.91. The maximum atomic E-state index is 5.91. The summed E-state index contributed by atoms with van der Waals surface area (Å²) in [5, 5.41) is 4.47. The second-order valence-electron chi connectivity index (χ2n) is 8.39. The highest BCUT2D eigenvalue weighted by Gasteiger charge is 2.25. The van der Waals surface area contributed by atoms with E-state index in [0.29, 0.717) is 5.92 Å². The van der Waals surface area contributed by atoms with Gasteiger partial charge in [0.25, 0.3) is 0 Å². The monoisotopic (exact) mass is 409 g/mol. The van der Waals surface area contributed by atoms with Crippen LogP contribution in [0.25, 0.3) is 0 Å². The fourth-order valence-corrected chi connectivity index (χ4v) is 4.88. The van der Waals surface area contributed by atoms with Gasteiger partial charge in [0.05, 0.1) is 18.7 Å². The molecule has 0 radical (unpaired) electrons. The summed E-state index contributed by atoms with van der Waals surface area (Å²) in [4.78, 5) is 0. The molecule has 0 N–H and O–H groups in total. The van der Waals surface area contributed by atoms with Gasteiger partial charge in [-0.05, 0) is 59.9 Å². The summed E-state index contributed by atoms with van der Waals surface area (Å²) in [7, 11) is 1.76. The van der Waals surface area contributed by atoms with Gasteiger partial charge in [-0.25, -0.2) is 0 Å². The molecule has 1 aromatic heterocycles. The Morgan fingerprint density at radius 2 is 1.65 bits per heavy atom. The summed E-state index contributed by atoms with van der Waals surface area (Å²) < 4.78 is 11.5. The van der Waals surface area contributed by atoms with Crippen LogP contribution in [0.2, 0.25) is 0 Å². The van der Waals surface area contributed by atoms with Crippen LogP contribution >= 0.6 is 0 Å². The first kappa shape index (κ1) is 19.6. The summed E-state index contributed by atoms with van der Waals surface area (Å²) in [5.74, 6) is 2.56. The van der Waals surface area contributed by atoms with E-state index in [9.17, 15) is 0 Å². The van der Waals surface area contributed by atoms with E-state index >= 15 is 0 Å². The van der Waals surface area contributed by atoms with Gasteiger partial charge in [0.1, 0.15) is 11.5 Å². The minimum absolute atomic E-state index is 0.0555. The number of ether oxygens (including phenoxy) is 1. The normalized spacial score (nSPS) is 15.6. The third-order valence-corrected chi connectivity index (χ3v) is 6.39.